The third-order valence-electron chi connectivity index (χ3n) is 5.77. The molecule has 0 radical (unpaired) electrons. The van der Waals surface area contributed by atoms with E-state index < -0.39 is 10.0 Å². The van der Waals surface area contributed by atoms with Gasteiger partial charge in [-0.25, -0.2) is 12.7 Å². The summed E-state index contributed by atoms with van der Waals surface area (Å²) in [6, 6.07) is 8.72. The van der Waals surface area contributed by atoms with Crippen LogP contribution in [0.15, 0.2) is 24.3 Å². The predicted molar refractivity (Wildman–Crippen MR) is 111 cm³/mol. The molecule has 0 atom stereocenters. The van der Waals surface area contributed by atoms with Crippen LogP contribution in [0.4, 0.5) is 0 Å². The molecule has 1 amide bonds. The van der Waals surface area contributed by atoms with Crippen LogP contribution in [-0.4, -0.2) is 62.8 Å². The summed E-state index contributed by atoms with van der Waals surface area (Å²) in [4.78, 5) is 14.8. The number of piperidine rings is 1. The zero-order valence-electron chi connectivity index (χ0n) is 16.8. The Hall–Kier alpha value is -1.95. The minimum Gasteiger partial charge on any atom is -0.356 e. The van der Waals surface area contributed by atoms with E-state index in [1.54, 1.807) is 24.3 Å². The van der Waals surface area contributed by atoms with Gasteiger partial charge in [-0.3, -0.25) is 4.79 Å². The van der Waals surface area contributed by atoms with Crippen LogP contribution in [0.5, 0.6) is 0 Å². The van der Waals surface area contributed by atoms with Crippen molar-refractivity contribution in [1.82, 2.24) is 14.5 Å². The minimum atomic E-state index is -3.45. The molecule has 2 heterocycles. The zero-order chi connectivity index (χ0) is 20.7. The highest BCUT2D eigenvalue weighted by Gasteiger charge is 2.31. The van der Waals surface area contributed by atoms with Crippen molar-refractivity contribution in [3.63, 3.8) is 0 Å². The second-order valence-electron chi connectivity index (χ2n) is 7.94. The van der Waals surface area contributed by atoms with Crippen molar-refractivity contribution in [2.75, 3.05) is 39.3 Å². The Labute approximate surface area is 173 Å². The fourth-order valence-electron chi connectivity index (χ4n) is 4.09. The summed E-state index contributed by atoms with van der Waals surface area (Å²) >= 11 is 0. The first-order valence-electron chi connectivity index (χ1n) is 10.4. The van der Waals surface area contributed by atoms with Crippen LogP contribution in [0.25, 0.3) is 0 Å². The van der Waals surface area contributed by atoms with E-state index in [2.05, 4.69) is 10.2 Å². The Kier molecular flexibility index (Phi) is 7.64. The Balaban J connectivity index is 1.41. The van der Waals surface area contributed by atoms with E-state index in [4.69, 9.17) is 5.26 Å². The lowest BCUT2D eigenvalue weighted by Gasteiger charge is -2.30. The molecule has 7 nitrogen and oxygen atoms in total. The van der Waals surface area contributed by atoms with Gasteiger partial charge in [-0.1, -0.05) is 12.1 Å². The van der Waals surface area contributed by atoms with Crippen molar-refractivity contribution in [3.05, 3.63) is 35.4 Å². The highest BCUT2D eigenvalue weighted by molar-refractivity contribution is 7.88. The Bertz CT molecular complexity index is 836. The summed E-state index contributed by atoms with van der Waals surface area (Å²) in [5.41, 5.74) is 1.07. The van der Waals surface area contributed by atoms with Crippen LogP contribution in [0.3, 0.4) is 0 Å². The highest BCUT2D eigenvalue weighted by atomic mass is 32.2. The molecular weight excluding hydrogens is 388 g/mol. The number of rotatable bonds is 8. The van der Waals surface area contributed by atoms with Gasteiger partial charge in [0.05, 0.1) is 17.4 Å². The van der Waals surface area contributed by atoms with Gasteiger partial charge in [-0.05, 0) is 69.4 Å². The Morgan fingerprint density at radius 3 is 2.59 bits per heavy atom. The van der Waals surface area contributed by atoms with E-state index >= 15 is 0 Å². The number of carbonyl (C=O) groups is 1. The molecule has 1 aromatic rings. The van der Waals surface area contributed by atoms with Gasteiger partial charge < -0.3 is 10.2 Å². The summed E-state index contributed by atoms with van der Waals surface area (Å²) in [5, 5.41) is 12.0. The molecular formula is C21H30N4O3S. The smallest absolute Gasteiger partial charge is 0.223 e. The van der Waals surface area contributed by atoms with E-state index in [0.717, 1.165) is 13.0 Å². The third-order valence-corrected chi connectivity index (χ3v) is 7.62. The molecule has 0 aromatic heterocycles. The van der Waals surface area contributed by atoms with Crippen LogP contribution >= 0.6 is 0 Å². The van der Waals surface area contributed by atoms with Gasteiger partial charge in [-0.15, -0.1) is 0 Å². The summed E-state index contributed by atoms with van der Waals surface area (Å²) in [7, 11) is -3.45. The van der Waals surface area contributed by atoms with Crippen molar-refractivity contribution >= 4 is 15.9 Å². The van der Waals surface area contributed by atoms with Crippen LogP contribution in [-0.2, 0) is 20.6 Å². The molecule has 0 saturated carbocycles. The van der Waals surface area contributed by atoms with Crippen molar-refractivity contribution in [1.29, 1.82) is 5.26 Å². The maximum absolute atomic E-state index is 12.7. The van der Waals surface area contributed by atoms with Crippen LogP contribution in [0.2, 0.25) is 0 Å². The molecule has 0 bridgehead atoms. The average Bonchev–Trinajstić information content (AvgIpc) is 3.24. The first kappa shape index (κ1) is 21.8. The topological polar surface area (TPSA) is 93.5 Å². The Morgan fingerprint density at radius 1 is 1.17 bits per heavy atom. The van der Waals surface area contributed by atoms with Gasteiger partial charge in [0.1, 0.15) is 0 Å². The highest BCUT2D eigenvalue weighted by Crippen LogP contribution is 2.22. The van der Waals surface area contributed by atoms with Crippen molar-refractivity contribution < 1.29 is 13.2 Å². The third kappa shape index (κ3) is 6.26. The molecule has 2 aliphatic rings. The number of hydrogen-bond acceptors (Lipinski definition) is 5. The van der Waals surface area contributed by atoms with Crippen molar-refractivity contribution in [3.8, 4) is 6.07 Å². The molecule has 29 heavy (non-hydrogen) atoms. The lowest BCUT2D eigenvalue weighted by atomic mass is 9.97. The van der Waals surface area contributed by atoms with Crippen molar-refractivity contribution in [2.45, 2.75) is 37.9 Å². The van der Waals surface area contributed by atoms with Gasteiger partial charge in [0.25, 0.3) is 0 Å². The number of amides is 1. The average molecular weight is 419 g/mol. The molecule has 2 aliphatic heterocycles. The summed E-state index contributed by atoms with van der Waals surface area (Å²) < 4.78 is 26.9. The van der Waals surface area contributed by atoms with E-state index in [-0.39, 0.29) is 17.6 Å². The van der Waals surface area contributed by atoms with Gasteiger partial charge >= 0.3 is 0 Å². The molecule has 1 aromatic carbocycles. The standard InChI is InChI=1S/C21H30N4O3S/c22-16-18-5-3-6-19(15-18)17-29(27,28)25-13-7-20(8-14-25)21(26)23-9-4-12-24-10-1-2-11-24/h3,5-6,15,20H,1-2,4,7-14,17H2,(H,23,26). The summed E-state index contributed by atoms with van der Waals surface area (Å²) in [6.07, 6.45) is 4.61. The Morgan fingerprint density at radius 2 is 1.90 bits per heavy atom. The second-order valence-corrected chi connectivity index (χ2v) is 9.90. The maximum atomic E-state index is 12.7. The number of sulfonamides is 1. The molecule has 0 aliphatic carbocycles. The minimum absolute atomic E-state index is 0.0465. The van der Waals surface area contributed by atoms with E-state index in [1.807, 2.05) is 6.07 Å². The lowest BCUT2D eigenvalue weighted by Crippen LogP contribution is -2.43. The molecule has 2 saturated heterocycles. The molecule has 1 N–H and O–H groups in total. The van der Waals surface area contributed by atoms with E-state index in [9.17, 15) is 13.2 Å². The molecule has 2 fully saturated rings. The van der Waals surface area contributed by atoms with Crippen molar-refractivity contribution in [2.24, 2.45) is 5.92 Å². The zero-order valence-corrected chi connectivity index (χ0v) is 17.7. The van der Waals surface area contributed by atoms with Gasteiger partial charge in [0.2, 0.25) is 15.9 Å². The lowest BCUT2D eigenvalue weighted by molar-refractivity contribution is -0.126. The van der Waals surface area contributed by atoms with Gasteiger partial charge in [0.15, 0.2) is 0 Å². The number of likely N-dealkylation sites (tertiary alicyclic amines) is 1. The fraction of sp³-hybridized carbons (Fsp3) is 0.619. The quantitative estimate of drug-likeness (QED) is 0.649. The molecule has 0 unspecified atom stereocenters. The van der Waals surface area contributed by atoms with Gasteiger partial charge in [-0.2, -0.15) is 5.26 Å². The number of nitrogens with one attached hydrogen (secondary N) is 1. The maximum Gasteiger partial charge on any atom is 0.223 e. The van der Waals surface area contributed by atoms with Crippen LogP contribution in [0.1, 0.15) is 43.2 Å². The van der Waals surface area contributed by atoms with Crippen LogP contribution < -0.4 is 5.32 Å². The normalized spacial score (nSPS) is 19.1. The number of carbonyl (C=O) groups excluding carboxylic acids is 1. The second kappa shape index (κ2) is 10.2. The summed E-state index contributed by atoms with van der Waals surface area (Å²) in [6.45, 7) is 4.79. The number of benzene rings is 1. The fourth-order valence-corrected chi connectivity index (χ4v) is 5.64. The van der Waals surface area contributed by atoms with E-state index in [0.29, 0.717) is 43.6 Å². The number of hydrogen-bond donors (Lipinski definition) is 1. The van der Waals surface area contributed by atoms with E-state index in [1.165, 1.54) is 30.2 Å². The van der Waals surface area contributed by atoms with Crippen LogP contribution in [0, 0.1) is 17.2 Å². The first-order valence-corrected chi connectivity index (χ1v) is 12.1. The monoisotopic (exact) mass is 418 g/mol. The molecule has 158 valence electrons. The molecule has 3 rings (SSSR count). The number of nitriles is 1. The first-order chi connectivity index (χ1) is 14.0. The number of nitrogens with zero attached hydrogens (tertiary/aromatic N) is 3. The van der Waals surface area contributed by atoms with Gasteiger partial charge in [0, 0.05) is 25.6 Å². The predicted octanol–water partition coefficient (Wildman–Crippen LogP) is 1.70. The SMILES string of the molecule is N#Cc1cccc(CS(=O)(=O)N2CCC(C(=O)NCCCN3CCCC3)CC2)c1. The largest absolute Gasteiger partial charge is 0.356 e. The molecule has 0 spiro atoms. The summed E-state index contributed by atoms with van der Waals surface area (Å²) in [5.74, 6) is -0.184. The molecule has 8 heteroatoms.